The number of carbonyl (C=O) groups is 1. The van der Waals surface area contributed by atoms with Gasteiger partial charge in [-0.05, 0) is 63.1 Å². The van der Waals surface area contributed by atoms with Crippen LogP contribution in [0.3, 0.4) is 0 Å². The second kappa shape index (κ2) is 4.18. The quantitative estimate of drug-likeness (QED) is 0.701. The molecule has 1 aromatic carbocycles. The molecule has 0 unspecified atom stereocenters. The van der Waals surface area contributed by atoms with Crippen LogP contribution < -0.4 is 0 Å². The van der Waals surface area contributed by atoms with E-state index in [-0.39, 0.29) is 5.91 Å². The largest absolute Gasteiger partial charge is 0.338 e. The summed E-state index contributed by atoms with van der Waals surface area (Å²) in [7, 11) is 0. The van der Waals surface area contributed by atoms with Crippen LogP contribution in [0.4, 0.5) is 0 Å². The zero-order valence-electron chi connectivity index (χ0n) is 7.46. The maximum atomic E-state index is 11.9. The molecule has 1 amide bonds. The molecule has 1 fully saturated rings. The molecule has 1 aromatic rings. The van der Waals surface area contributed by atoms with Crippen LogP contribution in [0.5, 0.6) is 0 Å². The molecule has 0 spiro atoms. The molecule has 0 aromatic heterocycles. The molecule has 0 bridgehead atoms. The molecular weight excluding hydrogens is 357 g/mol. The number of benzene rings is 1. The van der Waals surface area contributed by atoms with Crippen LogP contribution in [0, 0.1) is 3.57 Å². The summed E-state index contributed by atoms with van der Waals surface area (Å²) in [6.07, 6.45) is 1.13. The highest BCUT2D eigenvalue weighted by Gasteiger charge is 2.23. The van der Waals surface area contributed by atoms with Gasteiger partial charge in [0.05, 0.1) is 5.56 Å². The fraction of sp³-hybridized carbons (Fsp3) is 0.300. The first-order valence-electron chi connectivity index (χ1n) is 4.43. The number of hydrogen-bond acceptors (Lipinski definition) is 1. The SMILES string of the molecule is O=C(c1cc(I)ccc1Br)N1CCC1. The first-order chi connectivity index (χ1) is 6.68. The zero-order chi connectivity index (χ0) is 10.1. The van der Waals surface area contributed by atoms with Crippen molar-refractivity contribution in [2.75, 3.05) is 13.1 Å². The van der Waals surface area contributed by atoms with Crippen LogP contribution in [-0.2, 0) is 0 Å². The van der Waals surface area contributed by atoms with Gasteiger partial charge in [0, 0.05) is 21.1 Å². The summed E-state index contributed by atoms with van der Waals surface area (Å²) < 4.78 is 1.98. The molecule has 1 saturated heterocycles. The van der Waals surface area contributed by atoms with E-state index < -0.39 is 0 Å². The van der Waals surface area contributed by atoms with Gasteiger partial charge in [0.15, 0.2) is 0 Å². The summed E-state index contributed by atoms with van der Waals surface area (Å²) in [4.78, 5) is 13.8. The van der Waals surface area contributed by atoms with Gasteiger partial charge in [-0.25, -0.2) is 0 Å². The van der Waals surface area contributed by atoms with Crippen LogP contribution in [0.25, 0.3) is 0 Å². The maximum Gasteiger partial charge on any atom is 0.255 e. The molecule has 14 heavy (non-hydrogen) atoms. The van der Waals surface area contributed by atoms with E-state index >= 15 is 0 Å². The highest BCUT2D eigenvalue weighted by atomic mass is 127. The minimum atomic E-state index is 0.140. The molecule has 0 atom stereocenters. The predicted molar refractivity (Wildman–Crippen MR) is 67.4 cm³/mol. The number of rotatable bonds is 1. The lowest BCUT2D eigenvalue weighted by Gasteiger charge is -2.31. The van der Waals surface area contributed by atoms with Gasteiger partial charge in [-0.1, -0.05) is 0 Å². The van der Waals surface area contributed by atoms with E-state index in [9.17, 15) is 4.79 Å². The number of halogens is 2. The molecule has 74 valence electrons. The number of amides is 1. The predicted octanol–water partition coefficient (Wildman–Crippen LogP) is 2.90. The second-order valence-electron chi connectivity index (χ2n) is 3.27. The van der Waals surface area contributed by atoms with Gasteiger partial charge < -0.3 is 4.90 Å². The lowest BCUT2D eigenvalue weighted by molar-refractivity contribution is 0.0651. The van der Waals surface area contributed by atoms with Gasteiger partial charge in [0.25, 0.3) is 5.91 Å². The van der Waals surface area contributed by atoms with Gasteiger partial charge in [0.1, 0.15) is 0 Å². The van der Waals surface area contributed by atoms with E-state index in [2.05, 4.69) is 38.5 Å². The van der Waals surface area contributed by atoms with Crippen molar-refractivity contribution >= 4 is 44.4 Å². The smallest absolute Gasteiger partial charge is 0.255 e. The van der Waals surface area contributed by atoms with Crippen molar-refractivity contribution in [3.8, 4) is 0 Å². The van der Waals surface area contributed by atoms with Crippen molar-refractivity contribution in [1.82, 2.24) is 4.90 Å². The Morgan fingerprint density at radius 1 is 1.43 bits per heavy atom. The van der Waals surface area contributed by atoms with Crippen LogP contribution in [0.1, 0.15) is 16.8 Å². The lowest BCUT2D eigenvalue weighted by atomic mass is 10.1. The Morgan fingerprint density at radius 3 is 2.71 bits per heavy atom. The van der Waals surface area contributed by atoms with E-state index in [1.165, 1.54) is 0 Å². The Labute approximate surface area is 105 Å². The van der Waals surface area contributed by atoms with Crippen LogP contribution >= 0.6 is 38.5 Å². The molecule has 2 nitrogen and oxygen atoms in total. The summed E-state index contributed by atoms with van der Waals surface area (Å²) in [6, 6.07) is 5.83. The average Bonchev–Trinajstić information content (AvgIpc) is 2.06. The van der Waals surface area contributed by atoms with Crippen molar-refractivity contribution in [2.24, 2.45) is 0 Å². The summed E-state index contributed by atoms with van der Waals surface area (Å²) in [6.45, 7) is 1.80. The molecule has 2 rings (SSSR count). The molecule has 0 N–H and O–H groups in total. The molecule has 1 heterocycles. The van der Waals surface area contributed by atoms with Crippen molar-refractivity contribution < 1.29 is 4.79 Å². The summed E-state index contributed by atoms with van der Waals surface area (Å²) in [5.41, 5.74) is 0.775. The van der Waals surface area contributed by atoms with Gasteiger partial charge in [-0.2, -0.15) is 0 Å². The van der Waals surface area contributed by atoms with E-state index in [1.807, 2.05) is 23.1 Å². The van der Waals surface area contributed by atoms with Crippen LogP contribution in [0.15, 0.2) is 22.7 Å². The molecule has 4 heteroatoms. The highest BCUT2D eigenvalue weighted by Crippen LogP contribution is 2.22. The van der Waals surface area contributed by atoms with Crippen molar-refractivity contribution in [1.29, 1.82) is 0 Å². The fourth-order valence-electron chi connectivity index (χ4n) is 1.35. The number of nitrogens with zero attached hydrogens (tertiary/aromatic N) is 1. The van der Waals surface area contributed by atoms with E-state index in [0.29, 0.717) is 0 Å². The topological polar surface area (TPSA) is 20.3 Å². The average molecular weight is 366 g/mol. The minimum Gasteiger partial charge on any atom is -0.338 e. The Morgan fingerprint density at radius 2 is 2.14 bits per heavy atom. The van der Waals surface area contributed by atoms with Crippen molar-refractivity contribution in [3.05, 3.63) is 31.8 Å². The third-order valence-corrected chi connectivity index (χ3v) is 3.66. The first kappa shape index (κ1) is 10.4. The standard InChI is InChI=1S/C10H9BrINO/c11-9-3-2-7(12)6-8(9)10(14)13-4-1-5-13/h2-3,6H,1,4-5H2. The Kier molecular flexibility index (Phi) is 3.11. The maximum absolute atomic E-state index is 11.9. The second-order valence-corrected chi connectivity index (χ2v) is 5.37. The van der Waals surface area contributed by atoms with Crippen LogP contribution in [0.2, 0.25) is 0 Å². The van der Waals surface area contributed by atoms with Gasteiger partial charge in [-0.3, -0.25) is 4.79 Å². The van der Waals surface area contributed by atoms with Crippen molar-refractivity contribution in [2.45, 2.75) is 6.42 Å². The Balaban J connectivity index is 2.29. The Hall–Kier alpha value is -0.100. The Bertz CT molecular complexity index is 376. The van der Waals surface area contributed by atoms with E-state index in [1.54, 1.807) is 0 Å². The third-order valence-electron chi connectivity index (χ3n) is 2.30. The normalized spacial score (nSPS) is 15.1. The molecule has 1 aliphatic rings. The monoisotopic (exact) mass is 365 g/mol. The third kappa shape index (κ3) is 1.95. The van der Waals surface area contributed by atoms with Crippen molar-refractivity contribution in [3.63, 3.8) is 0 Å². The summed E-state index contributed by atoms with van der Waals surface area (Å²) in [5, 5.41) is 0. The highest BCUT2D eigenvalue weighted by molar-refractivity contribution is 14.1. The molecule has 1 aliphatic heterocycles. The number of carbonyl (C=O) groups excluding carboxylic acids is 1. The van der Waals surface area contributed by atoms with Gasteiger partial charge >= 0.3 is 0 Å². The first-order valence-corrected chi connectivity index (χ1v) is 6.30. The summed E-state index contributed by atoms with van der Waals surface area (Å²) >= 11 is 5.62. The van der Waals surface area contributed by atoms with Crippen LogP contribution in [-0.4, -0.2) is 23.9 Å². The molecular formula is C10H9BrINO. The molecule has 0 radical (unpaired) electrons. The zero-order valence-corrected chi connectivity index (χ0v) is 11.2. The summed E-state index contributed by atoms with van der Waals surface area (Å²) in [5.74, 6) is 0.140. The molecule has 0 saturated carbocycles. The number of likely N-dealkylation sites (tertiary alicyclic amines) is 1. The number of hydrogen-bond donors (Lipinski definition) is 0. The van der Waals surface area contributed by atoms with Gasteiger partial charge in [-0.15, -0.1) is 0 Å². The lowest BCUT2D eigenvalue weighted by Crippen LogP contribution is -2.42. The van der Waals surface area contributed by atoms with E-state index in [4.69, 9.17) is 0 Å². The van der Waals surface area contributed by atoms with Gasteiger partial charge in [0.2, 0.25) is 0 Å². The van der Waals surface area contributed by atoms with E-state index in [0.717, 1.165) is 33.1 Å². The molecule has 0 aliphatic carbocycles. The minimum absolute atomic E-state index is 0.140. The fourth-order valence-corrected chi connectivity index (χ4v) is 2.26.